The average Bonchev–Trinajstić information content (AvgIpc) is 2.76. The van der Waals surface area contributed by atoms with Gasteiger partial charge in [0.1, 0.15) is 0 Å². The Kier molecular flexibility index (Phi) is 3.14. The Morgan fingerprint density at radius 1 is 1.38 bits per heavy atom. The van der Waals surface area contributed by atoms with E-state index >= 15 is 0 Å². The molecule has 0 fully saturated rings. The van der Waals surface area contributed by atoms with Crippen LogP contribution >= 0.6 is 0 Å². The van der Waals surface area contributed by atoms with Crippen molar-refractivity contribution >= 4 is 6.03 Å². The van der Waals surface area contributed by atoms with Crippen molar-refractivity contribution in [3.05, 3.63) is 23.8 Å². The molecule has 16 heavy (non-hydrogen) atoms. The summed E-state index contributed by atoms with van der Waals surface area (Å²) in [5.74, 6) is 1.56. The molecule has 0 aliphatic carbocycles. The Labute approximate surface area is 93.7 Å². The first-order valence-electron chi connectivity index (χ1n) is 5.13. The minimum atomic E-state index is -0.166. The number of fused-ring (bicyclic) bond motifs is 1. The minimum Gasteiger partial charge on any atom is -0.454 e. The van der Waals surface area contributed by atoms with Gasteiger partial charge in [-0.3, -0.25) is 0 Å². The lowest BCUT2D eigenvalue weighted by atomic mass is 10.1. The maximum Gasteiger partial charge on any atom is 0.314 e. The molecule has 2 rings (SSSR count). The van der Waals surface area contributed by atoms with E-state index in [0.29, 0.717) is 6.54 Å². The van der Waals surface area contributed by atoms with Gasteiger partial charge in [-0.2, -0.15) is 0 Å². The zero-order chi connectivity index (χ0) is 11.4. The third-order valence-corrected chi connectivity index (χ3v) is 2.36. The van der Waals surface area contributed by atoms with E-state index in [1.165, 1.54) is 0 Å². The predicted octanol–water partition coefficient (Wildman–Crippen LogP) is 0.887. The lowest BCUT2D eigenvalue weighted by Crippen LogP contribution is -2.33. The van der Waals surface area contributed by atoms with E-state index in [4.69, 9.17) is 9.47 Å². The first kappa shape index (κ1) is 10.6. The van der Waals surface area contributed by atoms with Crippen LogP contribution in [0.2, 0.25) is 0 Å². The van der Waals surface area contributed by atoms with Gasteiger partial charge in [0.05, 0.1) is 0 Å². The number of carbonyl (C=O) groups is 1. The highest BCUT2D eigenvalue weighted by molar-refractivity contribution is 5.73. The number of urea groups is 1. The number of nitrogens with one attached hydrogen (secondary N) is 2. The third kappa shape index (κ3) is 2.36. The molecule has 86 valence electrons. The van der Waals surface area contributed by atoms with E-state index in [0.717, 1.165) is 23.5 Å². The van der Waals surface area contributed by atoms with Gasteiger partial charge in [-0.1, -0.05) is 6.07 Å². The molecule has 1 aliphatic rings. The summed E-state index contributed by atoms with van der Waals surface area (Å²) in [5.41, 5.74) is 1.11. The summed E-state index contributed by atoms with van der Waals surface area (Å²) in [4.78, 5) is 10.9. The van der Waals surface area contributed by atoms with E-state index in [-0.39, 0.29) is 12.8 Å². The van der Waals surface area contributed by atoms with Gasteiger partial charge < -0.3 is 20.1 Å². The smallest absolute Gasteiger partial charge is 0.314 e. The number of carbonyl (C=O) groups excluding carboxylic acids is 1. The van der Waals surface area contributed by atoms with Gasteiger partial charge in [-0.15, -0.1) is 0 Å². The average molecular weight is 222 g/mol. The van der Waals surface area contributed by atoms with E-state index < -0.39 is 0 Å². The topological polar surface area (TPSA) is 59.6 Å². The van der Waals surface area contributed by atoms with Gasteiger partial charge in [-0.05, 0) is 24.1 Å². The number of rotatable bonds is 3. The van der Waals surface area contributed by atoms with E-state index in [9.17, 15) is 4.79 Å². The molecule has 1 heterocycles. The van der Waals surface area contributed by atoms with Crippen LogP contribution in [-0.2, 0) is 6.42 Å². The molecule has 0 unspecified atom stereocenters. The van der Waals surface area contributed by atoms with Crippen molar-refractivity contribution in [2.75, 3.05) is 20.4 Å². The molecule has 0 spiro atoms. The highest BCUT2D eigenvalue weighted by Gasteiger charge is 2.12. The summed E-state index contributed by atoms with van der Waals surface area (Å²) in [5, 5.41) is 5.22. The fraction of sp³-hybridized carbons (Fsp3) is 0.364. The Balaban J connectivity index is 1.88. The lowest BCUT2D eigenvalue weighted by Gasteiger charge is -2.05. The van der Waals surface area contributed by atoms with Crippen molar-refractivity contribution in [2.45, 2.75) is 6.42 Å². The quantitative estimate of drug-likeness (QED) is 0.798. The van der Waals surface area contributed by atoms with Crippen LogP contribution in [0.4, 0.5) is 4.79 Å². The van der Waals surface area contributed by atoms with Crippen LogP contribution in [0.1, 0.15) is 5.56 Å². The summed E-state index contributed by atoms with van der Waals surface area (Å²) in [6, 6.07) is 5.63. The Morgan fingerprint density at radius 2 is 2.19 bits per heavy atom. The molecule has 0 radical (unpaired) electrons. The number of amides is 2. The maximum atomic E-state index is 10.9. The van der Waals surface area contributed by atoms with Gasteiger partial charge in [-0.25, -0.2) is 4.79 Å². The van der Waals surface area contributed by atoms with Crippen molar-refractivity contribution in [1.29, 1.82) is 0 Å². The van der Waals surface area contributed by atoms with Crippen LogP contribution in [0.5, 0.6) is 11.5 Å². The summed E-state index contributed by atoms with van der Waals surface area (Å²) in [6.45, 7) is 0.884. The molecule has 0 bridgehead atoms. The number of hydrogen-bond acceptors (Lipinski definition) is 3. The second-order valence-corrected chi connectivity index (χ2v) is 3.44. The van der Waals surface area contributed by atoms with Crippen molar-refractivity contribution in [3.63, 3.8) is 0 Å². The van der Waals surface area contributed by atoms with Crippen LogP contribution in [0.25, 0.3) is 0 Å². The first-order valence-corrected chi connectivity index (χ1v) is 5.13. The van der Waals surface area contributed by atoms with Gasteiger partial charge in [0.15, 0.2) is 11.5 Å². The summed E-state index contributed by atoms with van der Waals surface area (Å²) in [7, 11) is 1.59. The fourth-order valence-electron chi connectivity index (χ4n) is 1.51. The predicted molar refractivity (Wildman–Crippen MR) is 58.7 cm³/mol. The van der Waals surface area contributed by atoms with Crippen molar-refractivity contribution < 1.29 is 14.3 Å². The monoisotopic (exact) mass is 222 g/mol. The number of ether oxygens (including phenoxy) is 2. The molecule has 1 aliphatic heterocycles. The third-order valence-electron chi connectivity index (χ3n) is 2.36. The zero-order valence-corrected chi connectivity index (χ0v) is 9.08. The van der Waals surface area contributed by atoms with Crippen LogP contribution < -0.4 is 20.1 Å². The molecule has 0 saturated carbocycles. The van der Waals surface area contributed by atoms with Gasteiger partial charge in [0.2, 0.25) is 6.79 Å². The van der Waals surface area contributed by atoms with Crippen molar-refractivity contribution in [3.8, 4) is 11.5 Å². The van der Waals surface area contributed by atoms with Gasteiger partial charge >= 0.3 is 6.03 Å². The highest BCUT2D eigenvalue weighted by atomic mass is 16.7. The standard InChI is InChI=1S/C11H14N2O3/c1-12-11(14)13-5-4-8-2-3-9-10(6-8)16-7-15-9/h2-3,6H,4-5,7H2,1H3,(H2,12,13,14). The van der Waals surface area contributed by atoms with Crippen molar-refractivity contribution in [2.24, 2.45) is 0 Å². The fourth-order valence-corrected chi connectivity index (χ4v) is 1.51. The maximum absolute atomic E-state index is 10.9. The second kappa shape index (κ2) is 4.74. The van der Waals surface area contributed by atoms with Crippen LogP contribution in [0.3, 0.4) is 0 Å². The number of benzene rings is 1. The molecule has 1 aromatic rings. The van der Waals surface area contributed by atoms with Crippen LogP contribution in [-0.4, -0.2) is 26.4 Å². The highest BCUT2D eigenvalue weighted by Crippen LogP contribution is 2.32. The van der Waals surface area contributed by atoms with Crippen LogP contribution in [0, 0.1) is 0 Å². The van der Waals surface area contributed by atoms with E-state index in [2.05, 4.69) is 10.6 Å². The molecule has 0 aromatic heterocycles. The molecule has 2 amide bonds. The van der Waals surface area contributed by atoms with Crippen molar-refractivity contribution in [1.82, 2.24) is 10.6 Å². The molecular formula is C11H14N2O3. The molecule has 0 atom stereocenters. The van der Waals surface area contributed by atoms with Gasteiger partial charge in [0.25, 0.3) is 0 Å². The molecule has 1 aromatic carbocycles. The summed E-state index contributed by atoms with van der Waals surface area (Å²) in [6.07, 6.45) is 0.768. The molecule has 5 nitrogen and oxygen atoms in total. The van der Waals surface area contributed by atoms with E-state index in [1.54, 1.807) is 7.05 Å². The normalized spacial score (nSPS) is 12.3. The molecular weight excluding hydrogens is 208 g/mol. The van der Waals surface area contributed by atoms with Gasteiger partial charge in [0, 0.05) is 13.6 Å². The summed E-state index contributed by atoms with van der Waals surface area (Å²) < 4.78 is 10.5. The largest absolute Gasteiger partial charge is 0.454 e. The molecule has 5 heteroatoms. The summed E-state index contributed by atoms with van der Waals surface area (Å²) >= 11 is 0. The first-order chi connectivity index (χ1) is 7.79. The Morgan fingerprint density at radius 3 is 3.00 bits per heavy atom. The minimum absolute atomic E-state index is 0.166. The lowest BCUT2D eigenvalue weighted by molar-refractivity contribution is 0.174. The number of hydrogen-bond donors (Lipinski definition) is 2. The van der Waals surface area contributed by atoms with E-state index in [1.807, 2.05) is 18.2 Å². The Bertz CT molecular complexity index is 393. The van der Waals surface area contributed by atoms with Crippen LogP contribution in [0.15, 0.2) is 18.2 Å². The molecule has 0 saturated heterocycles. The second-order valence-electron chi connectivity index (χ2n) is 3.44. The SMILES string of the molecule is CNC(=O)NCCc1ccc2c(c1)OCO2. The zero-order valence-electron chi connectivity index (χ0n) is 9.08. The molecule has 2 N–H and O–H groups in total. The Hall–Kier alpha value is -1.91.